The van der Waals surface area contributed by atoms with Gasteiger partial charge in [-0.1, -0.05) is 18.2 Å². The normalized spacial score (nSPS) is 16.6. The highest BCUT2D eigenvalue weighted by molar-refractivity contribution is 5.74. The van der Waals surface area contributed by atoms with Gasteiger partial charge < -0.3 is 10.7 Å². The van der Waals surface area contributed by atoms with Crippen LogP contribution in [0.5, 0.6) is 0 Å². The average molecular weight is 363 g/mol. The van der Waals surface area contributed by atoms with Crippen LogP contribution in [0.15, 0.2) is 42.6 Å². The SMILES string of the molecule is NC(=O)CCCN(Cc1nc2ccccc2[nH]1)[C@H]1CCCc2cccnc21. The second kappa shape index (κ2) is 7.88. The number of amides is 1. The Morgan fingerprint density at radius 2 is 2.15 bits per heavy atom. The minimum atomic E-state index is -0.249. The van der Waals surface area contributed by atoms with Crippen LogP contribution in [-0.4, -0.2) is 32.3 Å². The third kappa shape index (κ3) is 4.01. The van der Waals surface area contributed by atoms with E-state index in [0.29, 0.717) is 13.0 Å². The molecule has 2 aromatic heterocycles. The molecule has 6 nitrogen and oxygen atoms in total. The number of benzene rings is 1. The van der Waals surface area contributed by atoms with Crippen molar-refractivity contribution in [2.45, 2.75) is 44.7 Å². The number of pyridine rings is 1. The number of fused-ring (bicyclic) bond motifs is 2. The molecule has 0 saturated carbocycles. The van der Waals surface area contributed by atoms with Gasteiger partial charge in [-0.3, -0.25) is 14.7 Å². The van der Waals surface area contributed by atoms with Crippen LogP contribution in [0.1, 0.15) is 48.8 Å². The molecule has 4 rings (SSSR count). The minimum absolute atomic E-state index is 0.246. The van der Waals surface area contributed by atoms with Gasteiger partial charge in [0.15, 0.2) is 0 Å². The zero-order valence-electron chi connectivity index (χ0n) is 15.4. The van der Waals surface area contributed by atoms with Gasteiger partial charge in [-0.15, -0.1) is 0 Å². The Balaban J connectivity index is 1.59. The third-order valence-corrected chi connectivity index (χ3v) is 5.27. The summed E-state index contributed by atoms with van der Waals surface area (Å²) in [4.78, 5) is 26.4. The van der Waals surface area contributed by atoms with Crippen LogP contribution >= 0.6 is 0 Å². The predicted octanol–water partition coefficient (Wildman–Crippen LogP) is 3.10. The molecule has 1 aliphatic carbocycles. The van der Waals surface area contributed by atoms with Gasteiger partial charge in [0, 0.05) is 12.6 Å². The van der Waals surface area contributed by atoms with Crippen molar-refractivity contribution in [3.63, 3.8) is 0 Å². The summed E-state index contributed by atoms with van der Waals surface area (Å²) in [6, 6.07) is 12.5. The van der Waals surface area contributed by atoms with E-state index in [1.54, 1.807) is 0 Å². The van der Waals surface area contributed by atoms with Crippen molar-refractivity contribution in [2.24, 2.45) is 5.73 Å². The summed E-state index contributed by atoms with van der Waals surface area (Å²) in [5, 5.41) is 0. The topological polar surface area (TPSA) is 87.9 Å². The molecule has 0 unspecified atom stereocenters. The van der Waals surface area contributed by atoms with Crippen LogP contribution in [0.3, 0.4) is 0 Å². The molecule has 0 fully saturated rings. The molecule has 3 aromatic rings. The molecule has 2 heterocycles. The van der Waals surface area contributed by atoms with E-state index in [0.717, 1.165) is 49.1 Å². The molecule has 6 heteroatoms. The number of aryl methyl sites for hydroxylation is 1. The van der Waals surface area contributed by atoms with Gasteiger partial charge >= 0.3 is 0 Å². The Morgan fingerprint density at radius 1 is 1.26 bits per heavy atom. The van der Waals surface area contributed by atoms with E-state index in [4.69, 9.17) is 10.7 Å². The van der Waals surface area contributed by atoms with Crippen LogP contribution in [0.25, 0.3) is 11.0 Å². The fourth-order valence-corrected chi connectivity index (χ4v) is 4.01. The Morgan fingerprint density at radius 3 is 3.00 bits per heavy atom. The zero-order valence-corrected chi connectivity index (χ0v) is 15.4. The van der Waals surface area contributed by atoms with Crippen molar-refractivity contribution < 1.29 is 4.79 Å². The largest absolute Gasteiger partial charge is 0.370 e. The lowest BCUT2D eigenvalue weighted by molar-refractivity contribution is -0.118. The lowest BCUT2D eigenvalue weighted by Gasteiger charge is -2.34. The second-order valence-corrected chi connectivity index (χ2v) is 7.20. The molecule has 0 aliphatic heterocycles. The van der Waals surface area contributed by atoms with Crippen LogP contribution in [-0.2, 0) is 17.8 Å². The van der Waals surface area contributed by atoms with E-state index in [2.05, 4.69) is 20.9 Å². The van der Waals surface area contributed by atoms with Gasteiger partial charge in [0.05, 0.1) is 29.3 Å². The maximum absolute atomic E-state index is 11.2. The number of para-hydroxylation sites is 2. The highest BCUT2D eigenvalue weighted by atomic mass is 16.1. The first kappa shape index (κ1) is 17.7. The predicted molar refractivity (Wildman–Crippen MR) is 105 cm³/mol. The van der Waals surface area contributed by atoms with Gasteiger partial charge in [0.1, 0.15) is 5.82 Å². The first-order valence-corrected chi connectivity index (χ1v) is 9.60. The molecule has 1 atom stereocenters. The summed E-state index contributed by atoms with van der Waals surface area (Å²) in [6.45, 7) is 1.49. The molecule has 27 heavy (non-hydrogen) atoms. The van der Waals surface area contributed by atoms with Gasteiger partial charge in [-0.2, -0.15) is 0 Å². The van der Waals surface area contributed by atoms with Crippen molar-refractivity contribution in [3.8, 4) is 0 Å². The smallest absolute Gasteiger partial charge is 0.217 e. The molecule has 3 N–H and O–H groups in total. The fraction of sp³-hybridized carbons (Fsp3) is 0.381. The lowest BCUT2D eigenvalue weighted by atomic mass is 9.90. The number of nitrogens with zero attached hydrogens (tertiary/aromatic N) is 3. The Hall–Kier alpha value is -2.73. The standard InChI is InChI=1S/C21H25N5O/c22-19(27)11-5-13-26(14-20-24-16-8-1-2-9-17(16)25-20)18-10-3-6-15-7-4-12-23-21(15)18/h1-2,4,7-9,12,18H,3,5-6,10-11,13-14H2,(H2,22,27)(H,24,25)/t18-/m0/s1. The molecular weight excluding hydrogens is 338 g/mol. The first-order valence-electron chi connectivity index (χ1n) is 9.60. The van der Waals surface area contributed by atoms with Crippen LogP contribution in [0.2, 0.25) is 0 Å². The summed E-state index contributed by atoms with van der Waals surface area (Å²) in [5.74, 6) is 0.694. The quantitative estimate of drug-likeness (QED) is 0.675. The Kier molecular flexibility index (Phi) is 5.16. The Labute approximate surface area is 158 Å². The second-order valence-electron chi connectivity index (χ2n) is 7.20. The molecule has 0 saturated heterocycles. The number of rotatable bonds is 7. The van der Waals surface area contributed by atoms with Crippen molar-refractivity contribution >= 4 is 16.9 Å². The number of hydrogen-bond acceptors (Lipinski definition) is 4. The van der Waals surface area contributed by atoms with Gasteiger partial charge in [-0.25, -0.2) is 4.98 Å². The zero-order chi connectivity index (χ0) is 18.6. The van der Waals surface area contributed by atoms with E-state index in [-0.39, 0.29) is 11.9 Å². The van der Waals surface area contributed by atoms with Crippen LogP contribution in [0.4, 0.5) is 0 Å². The van der Waals surface area contributed by atoms with Gasteiger partial charge in [0.2, 0.25) is 5.91 Å². The number of carbonyl (C=O) groups is 1. The van der Waals surface area contributed by atoms with Gasteiger partial charge in [0.25, 0.3) is 0 Å². The summed E-state index contributed by atoms with van der Waals surface area (Å²) in [6.07, 6.45) is 6.32. The van der Waals surface area contributed by atoms with Crippen LogP contribution in [0, 0.1) is 0 Å². The molecule has 1 aromatic carbocycles. The number of aromatic nitrogens is 3. The summed E-state index contributed by atoms with van der Waals surface area (Å²) < 4.78 is 0. The third-order valence-electron chi connectivity index (χ3n) is 5.27. The average Bonchev–Trinajstić information content (AvgIpc) is 3.09. The van der Waals surface area contributed by atoms with Crippen molar-refractivity contribution in [1.29, 1.82) is 0 Å². The maximum atomic E-state index is 11.2. The van der Waals surface area contributed by atoms with Gasteiger partial charge in [-0.05, 0) is 56.0 Å². The first-order chi connectivity index (χ1) is 13.2. The molecule has 0 spiro atoms. The highest BCUT2D eigenvalue weighted by Gasteiger charge is 2.27. The Bertz CT molecular complexity index is 902. The van der Waals surface area contributed by atoms with Crippen molar-refractivity contribution in [1.82, 2.24) is 19.9 Å². The molecular formula is C21H25N5O. The maximum Gasteiger partial charge on any atom is 0.217 e. The number of imidazole rings is 1. The van der Waals surface area contributed by atoms with E-state index in [1.165, 1.54) is 11.3 Å². The number of nitrogens with two attached hydrogens (primary N) is 1. The number of H-pyrrole nitrogens is 1. The minimum Gasteiger partial charge on any atom is -0.370 e. The molecule has 140 valence electrons. The van der Waals surface area contributed by atoms with E-state index in [1.807, 2.05) is 36.5 Å². The van der Waals surface area contributed by atoms with E-state index < -0.39 is 0 Å². The summed E-state index contributed by atoms with van der Waals surface area (Å²) in [5.41, 5.74) is 9.87. The molecule has 0 radical (unpaired) electrons. The van der Waals surface area contributed by atoms with E-state index in [9.17, 15) is 4.79 Å². The lowest BCUT2D eigenvalue weighted by Crippen LogP contribution is -2.33. The number of hydrogen-bond donors (Lipinski definition) is 2. The fourth-order valence-electron chi connectivity index (χ4n) is 4.01. The monoisotopic (exact) mass is 363 g/mol. The summed E-state index contributed by atoms with van der Waals surface area (Å²) in [7, 11) is 0. The number of aromatic amines is 1. The molecule has 1 aliphatic rings. The van der Waals surface area contributed by atoms with E-state index >= 15 is 0 Å². The summed E-state index contributed by atoms with van der Waals surface area (Å²) >= 11 is 0. The number of carbonyl (C=O) groups excluding carboxylic acids is 1. The highest BCUT2D eigenvalue weighted by Crippen LogP contribution is 2.33. The number of primary amides is 1. The molecule has 1 amide bonds. The van der Waals surface area contributed by atoms with Crippen molar-refractivity contribution in [3.05, 3.63) is 59.7 Å². The van der Waals surface area contributed by atoms with Crippen molar-refractivity contribution in [2.75, 3.05) is 6.54 Å². The number of nitrogens with one attached hydrogen (secondary N) is 1. The van der Waals surface area contributed by atoms with Crippen LogP contribution < -0.4 is 5.73 Å². The molecule has 0 bridgehead atoms.